The maximum Gasteiger partial charge on any atom is 0.287 e. The maximum atomic E-state index is 11.2. The largest absolute Gasteiger partial charge is 0.492 e. The highest BCUT2D eigenvalue weighted by Gasteiger charge is 2.08. The van der Waals surface area contributed by atoms with Crippen LogP contribution < -0.4 is 16.0 Å². The molecule has 0 unspecified atom stereocenters. The van der Waals surface area contributed by atoms with Gasteiger partial charge in [0.1, 0.15) is 12.4 Å². The zero-order valence-corrected chi connectivity index (χ0v) is 10.7. The predicted octanol–water partition coefficient (Wildman–Crippen LogP) is 0.614. The van der Waals surface area contributed by atoms with Crippen LogP contribution in [0, 0.1) is 0 Å². The number of rotatable bonds is 5. The maximum absolute atomic E-state index is 11.2. The van der Waals surface area contributed by atoms with E-state index in [4.69, 9.17) is 22.2 Å². The Bertz CT molecular complexity index is 572. The van der Waals surface area contributed by atoms with E-state index in [1.54, 1.807) is 24.3 Å². The molecule has 0 bridgehead atoms. The molecular formula is C11H12ClN5O2. The van der Waals surface area contributed by atoms with Crippen LogP contribution in [0.1, 0.15) is 10.5 Å². The minimum absolute atomic E-state index is 0.158. The number of benzene rings is 1. The van der Waals surface area contributed by atoms with E-state index in [9.17, 15) is 4.79 Å². The summed E-state index contributed by atoms with van der Waals surface area (Å²) in [6.07, 6.45) is 1.49. The van der Waals surface area contributed by atoms with Crippen molar-refractivity contribution >= 4 is 17.5 Å². The first kappa shape index (κ1) is 13.3. The number of halogens is 1. The Morgan fingerprint density at radius 1 is 1.53 bits per heavy atom. The summed E-state index contributed by atoms with van der Waals surface area (Å²) < 4.78 is 6.98. The van der Waals surface area contributed by atoms with Crippen molar-refractivity contribution in [1.82, 2.24) is 20.4 Å². The molecule has 1 aromatic heterocycles. The number of nitrogen functional groups attached to an aromatic ring is 1. The molecule has 100 valence electrons. The number of hydrogen-bond donors (Lipinski definition) is 2. The first-order valence-corrected chi connectivity index (χ1v) is 5.86. The minimum Gasteiger partial charge on any atom is -0.492 e. The molecule has 0 aliphatic rings. The molecule has 0 aliphatic carbocycles. The van der Waals surface area contributed by atoms with Crippen LogP contribution in [0.4, 0.5) is 0 Å². The van der Waals surface area contributed by atoms with Gasteiger partial charge in [-0.2, -0.15) is 0 Å². The average Bonchev–Trinajstić information content (AvgIpc) is 2.87. The third-order valence-corrected chi connectivity index (χ3v) is 2.52. The highest BCUT2D eigenvalue weighted by atomic mass is 35.5. The molecule has 2 aromatic rings. The Balaban J connectivity index is 1.86. The summed E-state index contributed by atoms with van der Waals surface area (Å²) in [6.45, 7) is 0.838. The quantitative estimate of drug-likeness (QED) is 0.476. The second kappa shape index (κ2) is 6.17. The van der Waals surface area contributed by atoms with Gasteiger partial charge in [-0.1, -0.05) is 22.9 Å². The van der Waals surface area contributed by atoms with Crippen molar-refractivity contribution in [1.29, 1.82) is 0 Å². The van der Waals surface area contributed by atoms with Crippen molar-refractivity contribution in [3.05, 3.63) is 41.2 Å². The van der Waals surface area contributed by atoms with E-state index >= 15 is 0 Å². The SMILES string of the molecule is NNC(=O)c1cn(CCOc2cccc(Cl)c2)nn1. The number of nitrogens with two attached hydrogens (primary N) is 1. The zero-order chi connectivity index (χ0) is 13.7. The van der Waals surface area contributed by atoms with Crippen LogP contribution in [0.25, 0.3) is 0 Å². The molecule has 0 aliphatic heterocycles. The molecule has 8 heteroatoms. The molecule has 1 heterocycles. The topological polar surface area (TPSA) is 95.1 Å². The van der Waals surface area contributed by atoms with Crippen molar-refractivity contribution < 1.29 is 9.53 Å². The van der Waals surface area contributed by atoms with Gasteiger partial charge in [-0.25, -0.2) is 10.5 Å². The van der Waals surface area contributed by atoms with E-state index in [1.807, 2.05) is 5.43 Å². The number of hydrazine groups is 1. The summed E-state index contributed by atoms with van der Waals surface area (Å²) in [4.78, 5) is 11.2. The lowest BCUT2D eigenvalue weighted by atomic mass is 10.3. The molecule has 0 radical (unpaired) electrons. The zero-order valence-electron chi connectivity index (χ0n) is 9.91. The number of nitrogens with one attached hydrogen (secondary N) is 1. The van der Waals surface area contributed by atoms with Gasteiger partial charge in [0.25, 0.3) is 5.91 Å². The van der Waals surface area contributed by atoms with Crippen molar-refractivity contribution in [3.8, 4) is 5.75 Å². The van der Waals surface area contributed by atoms with Gasteiger partial charge in [0, 0.05) is 5.02 Å². The van der Waals surface area contributed by atoms with Crippen LogP contribution in [0.2, 0.25) is 5.02 Å². The van der Waals surface area contributed by atoms with E-state index in [-0.39, 0.29) is 5.69 Å². The first-order chi connectivity index (χ1) is 9.19. The van der Waals surface area contributed by atoms with Crippen LogP contribution in [0.3, 0.4) is 0 Å². The molecule has 0 fully saturated rings. The van der Waals surface area contributed by atoms with Crippen LogP contribution in [-0.2, 0) is 6.54 Å². The fourth-order valence-electron chi connectivity index (χ4n) is 1.40. The second-order valence-corrected chi connectivity index (χ2v) is 4.08. The van der Waals surface area contributed by atoms with Gasteiger partial charge < -0.3 is 4.74 Å². The number of aromatic nitrogens is 3. The van der Waals surface area contributed by atoms with Crippen LogP contribution in [0.5, 0.6) is 5.75 Å². The highest BCUT2D eigenvalue weighted by Crippen LogP contribution is 2.16. The third kappa shape index (κ3) is 3.67. The Kier molecular flexibility index (Phi) is 4.32. The molecule has 0 atom stereocenters. The monoisotopic (exact) mass is 281 g/mol. The van der Waals surface area contributed by atoms with Gasteiger partial charge in [0.15, 0.2) is 5.69 Å². The molecule has 1 amide bonds. The summed E-state index contributed by atoms with van der Waals surface area (Å²) >= 11 is 5.83. The van der Waals surface area contributed by atoms with Gasteiger partial charge in [0.2, 0.25) is 0 Å². The van der Waals surface area contributed by atoms with E-state index in [0.717, 1.165) is 0 Å². The molecule has 3 N–H and O–H groups in total. The summed E-state index contributed by atoms with van der Waals surface area (Å²) in [5.41, 5.74) is 2.14. The van der Waals surface area contributed by atoms with Gasteiger partial charge in [-0.3, -0.25) is 10.2 Å². The number of nitrogens with zero attached hydrogens (tertiary/aromatic N) is 3. The lowest BCUT2D eigenvalue weighted by Gasteiger charge is -2.05. The van der Waals surface area contributed by atoms with E-state index in [2.05, 4.69) is 10.3 Å². The summed E-state index contributed by atoms with van der Waals surface area (Å²) in [5.74, 6) is 5.18. The van der Waals surface area contributed by atoms with Crippen LogP contribution in [0.15, 0.2) is 30.5 Å². The Labute approximate surface area is 114 Å². The summed E-state index contributed by atoms with van der Waals surface area (Å²) in [6, 6.07) is 7.09. The molecule has 0 saturated carbocycles. The van der Waals surface area contributed by atoms with Crippen LogP contribution >= 0.6 is 11.6 Å². The van der Waals surface area contributed by atoms with Crippen LogP contribution in [-0.4, -0.2) is 27.5 Å². The van der Waals surface area contributed by atoms with E-state index in [1.165, 1.54) is 10.9 Å². The van der Waals surface area contributed by atoms with E-state index in [0.29, 0.717) is 23.9 Å². The minimum atomic E-state index is -0.484. The molecule has 7 nitrogen and oxygen atoms in total. The lowest BCUT2D eigenvalue weighted by molar-refractivity contribution is 0.0948. The Morgan fingerprint density at radius 3 is 3.11 bits per heavy atom. The smallest absolute Gasteiger partial charge is 0.287 e. The number of hydrogen-bond acceptors (Lipinski definition) is 5. The van der Waals surface area contributed by atoms with Crippen molar-refractivity contribution in [2.75, 3.05) is 6.61 Å². The number of ether oxygens (including phenoxy) is 1. The standard InChI is InChI=1S/C11H12ClN5O2/c12-8-2-1-3-9(6-8)19-5-4-17-7-10(15-16-17)11(18)14-13/h1-3,6-7H,4-5,13H2,(H,14,18). The molecule has 0 saturated heterocycles. The Morgan fingerprint density at radius 2 is 2.37 bits per heavy atom. The Hall–Kier alpha value is -2.12. The number of carbonyl (C=O) groups is 1. The molecule has 0 spiro atoms. The number of amides is 1. The van der Waals surface area contributed by atoms with Crippen molar-refractivity contribution in [2.45, 2.75) is 6.54 Å². The van der Waals surface area contributed by atoms with Gasteiger partial charge in [-0.15, -0.1) is 5.10 Å². The van der Waals surface area contributed by atoms with E-state index < -0.39 is 5.91 Å². The highest BCUT2D eigenvalue weighted by molar-refractivity contribution is 6.30. The molecule has 2 rings (SSSR count). The first-order valence-electron chi connectivity index (χ1n) is 5.48. The second-order valence-electron chi connectivity index (χ2n) is 3.65. The normalized spacial score (nSPS) is 10.2. The fraction of sp³-hybridized carbons (Fsp3) is 0.182. The average molecular weight is 282 g/mol. The number of carbonyl (C=O) groups excluding carboxylic acids is 1. The van der Waals surface area contributed by atoms with Crippen molar-refractivity contribution in [3.63, 3.8) is 0 Å². The van der Waals surface area contributed by atoms with Gasteiger partial charge in [0.05, 0.1) is 12.7 Å². The molecule has 19 heavy (non-hydrogen) atoms. The summed E-state index contributed by atoms with van der Waals surface area (Å²) in [5, 5.41) is 8.06. The summed E-state index contributed by atoms with van der Waals surface area (Å²) in [7, 11) is 0. The predicted molar refractivity (Wildman–Crippen MR) is 68.6 cm³/mol. The van der Waals surface area contributed by atoms with Gasteiger partial charge >= 0.3 is 0 Å². The van der Waals surface area contributed by atoms with Gasteiger partial charge in [-0.05, 0) is 18.2 Å². The lowest BCUT2D eigenvalue weighted by Crippen LogP contribution is -2.30. The fourth-order valence-corrected chi connectivity index (χ4v) is 1.58. The molecular weight excluding hydrogens is 270 g/mol. The molecule has 1 aromatic carbocycles. The third-order valence-electron chi connectivity index (χ3n) is 2.29. The van der Waals surface area contributed by atoms with Crippen molar-refractivity contribution in [2.24, 2.45) is 5.84 Å².